The molecule has 112 valence electrons. The first-order valence-electron chi connectivity index (χ1n) is 6.99. The molecule has 0 fully saturated rings. The van der Waals surface area contributed by atoms with Crippen LogP contribution in [0.2, 0.25) is 0 Å². The fourth-order valence-electron chi connectivity index (χ4n) is 2.38. The number of thioether (sulfide) groups is 1. The van der Waals surface area contributed by atoms with Crippen molar-refractivity contribution in [2.45, 2.75) is 17.8 Å². The number of nitrogens with zero attached hydrogens (tertiary/aromatic N) is 1. The summed E-state index contributed by atoms with van der Waals surface area (Å²) in [5.41, 5.74) is 3.67. The molecular weight excluding hydrogens is 299 g/mol. The van der Waals surface area contributed by atoms with Gasteiger partial charge in [0.15, 0.2) is 0 Å². The fraction of sp³-hybridized carbons (Fsp3) is 0.176. The van der Waals surface area contributed by atoms with Crippen LogP contribution in [0.4, 0.5) is 4.39 Å². The van der Waals surface area contributed by atoms with Crippen molar-refractivity contribution in [1.29, 1.82) is 0 Å². The van der Waals surface area contributed by atoms with E-state index in [1.807, 2.05) is 30.3 Å². The van der Waals surface area contributed by atoms with Crippen LogP contribution in [0.1, 0.15) is 17.2 Å². The van der Waals surface area contributed by atoms with Gasteiger partial charge in [-0.1, -0.05) is 54.2 Å². The molecule has 2 unspecified atom stereocenters. The fourth-order valence-corrected chi connectivity index (χ4v) is 3.08. The zero-order valence-electron chi connectivity index (χ0n) is 11.8. The second-order valence-corrected chi connectivity index (χ2v) is 6.00. The Kier molecular flexibility index (Phi) is 4.65. The van der Waals surface area contributed by atoms with E-state index in [4.69, 9.17) is 0 Å². The summed E-state index contributed by atoms with van der Waals surface area (Å²) >= 11 is 1.37. The van der Waals surface area contributed by atoms with Crippen molar-refractivity contribution < 1.29 is 9.18 Å². The quantitative estimate of drug-likeness (QED) is 0.920. The number of halogens is 1. The van der Waals surface area contributed by atoms with Gasteiger partial charge in [-0.05, 0) is 29.7 Å². The van der Waals surface area contributed by atoms with E-state index in [0.717, 1.165) is 11.1 Å². The monoisotopic (exact) mass is 314 g/mol. The summed E-state index contributed by atoms with van der Waals surface area (Å²) in [5.74, 6) is -0.409. The third kappa shape index (κ3) is 3.61. The van der Waals surface area contributed by atoms with Gasteiger partial charge in [-0.2, -0.15) is 0 Å². The highest BCUT2D eigenvalue weighted by atomic mass is 32.2. The van der Waals surface area contributed by atoms with Crippen molar-refractivity contribution in [3.05, 3.63) is 71.5 Å². The van der Waals surface area contributed by atoms with Gasteiger partial charge in [0, 0.05) is 6.04 Å². The van der Waals surface area contributed by atoms with Gasteiger partial charge < -0.3 is 0 Å². The standard InChI is InChI=1S/C17H15FN2OS/c18-14-8-6-12(7-9-14)10-15(13-4-2-1-3-5-13)20-17-16(21)19-11-22-17/h1-9,11,15,17,20H,10H2. The molecule has 0 aromatic heterocycles. The molecule has 0 spiro atoms. The van der Waals surface area contributed by atoms with Crippen LogP contribution in [0.25, 0.3) is 0 Å². The van der Waals surface area contributed by atoms with E-state index in [1.165, 1.54) is 23.9 Å². The Hall–Kier alpha value is -1.98. The average molecular weight is 314 g/mol. The molecule has 3 nitrogen and oxygen atoms in total. The number of amides is 1. The smallest absolute Gasteiger partial charge is 0.274 e. The maximum atomic E-state index is 13.0. The first-order valence-corrected chi connectivity index (χ1v) is 7.94. The minimum Gasteiger partial charge on any atom is -0.290 e. The van der Waals surface area contributed by atoms with Gasteiger partial charge in [-0.15, -0.1) is 0 Å². The third-order valence-corrected chi connectivity index (χ3v) is 4.35. The molecule has 0 aliphatic carbocycles. The highest BCUT2D eigenvalue weighted by Gasteiger charge is 2.26. The molecule has 0 saturated heterocycles. The van der Waals surface area contributed by atoms with Crippen molar-refractivity contribution in [2.75, 3.05) is 0 Å². The SMILES string of the molecule is O=C1N=CSC1NC(Cc1ccc(F)cc1)c1ccccc1. The molecule has 0 bridgehead atoms. The van der Waals surface area contributed by atoms with Crippen LogP contribution in [0.15, 0.2) is 59.6 Å². The molecule has 1 N–H and O–H groups in total. The molecule has 1 heterocycles. The largest absolute Gasteiger partial charge is 0.290 e. The molecule has 1 amide bonds. The topological polar surface area (TPSA) is 41.5 Å². The molecule has 3 rings (SSSR count). The van der Waals surface area contributed by atoms with E-state index < -0.39 is 0 Å². The van der Waals surface area contributed by atoms with E-state index in [9.17, 15) is 9.18 Å². The molecule has 5 heteroatoms. The molecule has 1 aliphatic rings. The number of nitrogens with one attached hydrogen (secondary N) is 1. The molecule has 0 radical (unpaired) electrons. The first-order chi connectivity index (χ1) is 10.7. The number of carbonyl (C=O) groups is 1. The molecule has 1 aliphatic heterocycles. The van der Waals surface area contributed by atoms with E-state index in [-0.39, 0.29) is 23.1 Å². The van der Waals surface area contributed by atoms with Gasteiger partial charge in [0.1, 0.15) is 11.2 Å². The van der Waals surface area contributed by atoms with E-state index >= 15 is 0 Å². The highest BCUT2D eigenvalue weighted by Crippen LogP contribution is 2.23. The van der Waals surface area contributed by atoms with Crippen LogP contribution >= 0.6 is 11.8 Å². The van der Waals surface area contributed by atoms with E-state index in [2.05, 4.69) is 10.3 Å². The summed E-state index contributed by atoms with van der Waals surface area (Å²) in [6, 6.07) is 16.3. The number of aliphatic imine (C=N–C) groups is 1. The lowest BCUT2D eigenvalue weighted by atomic mass is 9.99. The van der Waals surface area contributed by atoms with E-state index in [1.54, 1.807) is 17.7 Å². The molecule has 0 saturated carbocycles. The van der Waals surface area contributed by atoms with Gasteiger partial charge in [0.05, 0.1) is 5.55 Å². The van der Waals surface area contributed by atoms with Gasteiger partial charge in [0.25, 0.3) is 5.91 Å². The Morgan fingerprint density at radius 3 is 2.50 bits per heavy atom. The highest BCUT2D eigenvalue weighted by molar-refractivity contribution is 8.13. The van der Waals surface area contributed by atoms with Crippen molar-refractivity contribution in [2.24, 2.45) is 4.99 Å². The Bertz CT molecular complexity index is 673. The Labute approximate surface area is 132 Å². The van der Waals surface area contributed by atoms with Crippen molar-refractivity contribution in [3.8, 4) is 0 Å². The summed E-state index contributed by atoms with van der Waals surface area (Å²) in [6.07, 6.45) is 0.675. The number of rotatable bonds is 5. The van der Waals surface area contributed by atoms with Crippen molar-refractivity contribution in [3.63, 3.8) is 0 Å². The Balaban J connectivity index is 1.79. The molecule has 2 aromatic rings. The second kappa shape index (κ2) is 6.85. The lowest BCUT2D eigenvalue weighted by Crippen LogP contribution is -2.35. The summed E-state index contributed by atoms with van der Waals surface area (Å²) in [7, 11) is 0. The number of hydrogen-bond acceptors (Lipinski definition) is 3. The Morgan fingerprint density at radius 1 is 1.14 bits per heavy atom. The lowest BCUT2D eigenvalue weighted by Gasteiger charge is -2.22. The zero-order valence-corrected chi connectivity index (χ0v) is 12.6. The predicted molar refractivity (Wildman–Crippen MR) is 87.3 cm³/mol. The summed E-state index contributed by atoms with van der Waals surface area (Å²) in [6.45, 7) is 0. The summed E-state index contributed by atoms with van der Waals surface area (Å²) in [5, 5.41) is 2.98. The third-order valence-electron chi connectivity index (χ3n) is 3.51. The normalized spacial score (nSPS) is 18.6. The van der Waals surface area contributed by atoms with Crippen LogP contribution in [0.3, 0.4) is 0 Å². The van der Waals surface area contributed by atoms with Gasteiger partial charge in [-0.25, -0.2) is 9.38 Å². The zero-order chi connectivity index (χ0) is 15.4. The maximum absolute atomic E-state index is 13.0. The van der Waals surface area contributed by atoms with Gasteiger partial charge >= 0.3 is 0 Å². The summed E-state index contributed by atoms with van der Waals surface area (Å²) < 4.78 is 13.0. The Morgan fingerprint density at radius 2 is 1.86 bits per heavy atom. The first kappa shape index (κ1) is 14.9. The predicted octanol–water partition coefficient (Wildman–Crippen LogP) is 3.33. The molecule has 22 heavy (non-hydrogen) atoms. The second-order valence-electron chi connectivity index (χ2n) is 5.05. The minimum atomic E-state index is -0.356. The molecule has 2 atom stereocenters. The van der Waals surface area contributed by atoms with E-state index in [0.29, 0.717) is 6.42 Å². The van der Waals surface area contributed by atoms with Crippen molar-refractivity contribution in [1.82, 2.24) is 5.32 Å². The number of carbonyl (C=O) groups excluding carboxylic acids is 1. The van der Waals surface area contributed by atoms with Crippen LogP contribution < -0.4 is 5.32 Å². The lowest BCUT2D eigenvalue weighted by molar-refractivity contribution is -0.117. The van der Waals surface area contributed by atoms with Crippen LogP contribution in [0, 0.1) is 5.82 Å². The maximum Gasteiger partial charge on any atom is 0.274 e. The van der Waals surface area contributed by atoms with Crippen LogP contribution in [0.5, 0.6) is 0 Å². The number of hydrogen-bond donors (Lipinski definition) is 1. The van der Waals surface area contributed by atoms with Gasteiger partial charge in [-0.3, -0.25) is 10.1 Å². The van der Waals surface area contributed by atoms with Crippen LogP contribution in [-0.2, 0) is 11.2 Å². The van der Waals surface area contributed by atoms with Gasteiger partial charge in [0.2, 0.25) is 0 Å². The number of benzene rings is 2. The minimum absolute atomic E-state index is 0.0326. The van der Waals surface area contributed by atoms with Crippen LogP contribution in [-0.4, -0.2) is 16.8 Å². The molecular formula is C17H15FN2OS. The summed E-state index contributed by atoms with van der Waals surface area (Å²) in [4.78, 5) is 15.5. The van der Waals surface area contributed by atoms with Crippen molar-refractivity contribution >= 4 is 23.2 Å². The molecule has 2 aromatic carbocycles. The average Bonchev–Trinajstić information content (AvgIpc) is 2.95.